The van der Waals surface area contributed by atoms with Gasteiger partial charge in [0.05, 0.1) is 12.1 Å². The van der Waals surface area contributed by atoms with Gasteiger partial charge >= 0.3 is 0 Å². The van der Waals surface area contributed by atoms with Crippen LogP contribution in [0.4, 0.5) is 0 Å². The molecule has 0 aliphatic heterocycles. The quantitative estimate of drug-likeness (QED) is 0.821. The van der Waals surface area contributed by atoms with Crippen LogP contribution < -0.4 is 11.1 Å². The fraction of sp³-hybridized carbons (Fsp3) is 0.500. The Morgan fingerprint density at radius 1 is 1.41 bits per heavy atom. The molecule has 0 unspecified atom stereocenters. The molecule has 1 amide bonds. The Labute approximate surface area is 103 Å². The van der Waals surface area contributed by atoms with Gasteiger partial charge < -0.3 is 11.1 Å². The van der Waals surface area contributed by atoms with Crippen molar-refractivity contribution in [1.29, 1.82) is 0 Å². The summed E-state index contributed by atoms with van der Waals surface area (Å²) in [5.41, 5.74) is 8.11. The van der Waals surface area contributed by atoms with E-state index in [1.165, 1.54) is 5.56 Å². The SMILES string of the molecule is CCC[C@@H](N)C(=O)N[C@H](C)c1ccccc1C. The fourth-order valence-electron chi connectivity index (χ4n) is 1.91. The molecule has 0 aromatic heterocycles. The number of rotatable bonds is 5. The molecule has 0 heterocycles. The van der Waals surface area contributed by atoms with Gasteiger partial charge in [-0.1, -0.05) is 37.6 Å². The molecular weight excluding hydrogens is 212 g/mol. The zero-order valence-corrected chi connectivity index (χ0v) is 10.9. The van der Waals surface area contributed by atoms with Crippen molar-refractivity contribution in [3.8, 4) is 0 Å². The third-order valence-corrected chi connectivity index (χ3v) is 2.95. The van der Waals surface area contributed by atoms with Gasteiger partial charge in [0.2, 0.25) is 5.91 Å². The van der Waals surface area contributed by atoms with E-state index < -0.39 is 6.04 Å². The molecule has 1 aromatic carbocycles. The van der Waals surface area contributed by atoms with E-state index >= 15 is 0 Å². The standard InChI is InChI=1S/C14H22N2O/c1-4-7-13(15)14(17)16-11(3)12-9-6-5-8-10(12)2/h5-6,8-9,11,13H,4,7,15H2,1-3H3,(H,16,17)/t11-,13-/m1/s1. The molecule has 2 atom stereocenters. The number of aryl methyl sites for hydroxylation is 1. The maximum absolute atomic E-state index is 11.8. The summed E-state index contributed by atoms with van der Waals surface area (Å²) in [6.07, 6.45) is 1.65. The van der Waals surface area contributed by atoms with E-state index in [0.717, 1.165) is 18.4 Å². The first-order valence-electron chi connectivity index (χ1n) is 6.17. The molecule has 3 nitrogen and oxygen atoms in total. The Hall–Kier alpha value is -1.35. The Morgan fingerprint density at radius 3 is 2.65 bits per heavy atom. The first-order chi connectivity index (χ1) is 8.06. The van der Waals surface area contributed by atoms with Crippen LogP contribution >= 0.6 is 0 Å². The van der Waals surface area contributed by atoms with Crippen molar-refractivity contribution in [3.63, 3.8) is 0 Å². The average molecular weight is 234 g/mol. The lowest BCUT2D eigenvalue weighted by Gasteiger charge is -2.19. The molecule has 3 heteroatoms. The largest absolute Gasteiger partial charge is 0.348 e. The first-order valence-corrected chi connectivity index (χ1v) is 6.17. The van der Waals surface area contributed by atoms with Gasteiger partial charge in [-0.25, -0.2) is 0 Å². The second-order valence-corrected chi connectivity index (χ2v) is 4.48. The molecule has 1 aromatic rings. The molecule has 3 N–H and O–H groups in total. The van der Waals surface area contributed by atoms with E-state index in [9.17, 15) is 4.79 Å². The topological polar surface area (TPSA) is 55.1 Å². The van der Waals surface area contributed by atoms with Gasteiger partial charge in [-0.05, 0) is 31.4 Å². The molecule has 17 heavy (non-hydrogen) atoms. The van der Waals surface area contributed by atoms with Gasteiger partial charge in [-0.2, -0.15) is 0 Å². The minimum Gasteiger partial charge on any atom is -0.348 e. The summed E-state index contributed by atoms with van der Waals surface area (Å²) in [7, 11) is 0. The number of amides is 1. The lowest BCUT2D eigenvalue weighted by atomic mass is 10.0. The predicted molar refractivity (Wildman–Crippen MR) is 70.6 cm³/mol. The fourth-order valence-corrected chi connectivity index (χ4v) is 1.91. The maximum Gasteiger partial charge on any atom is 0.237 e. The van der Waals surface area contributed by atoms with Crippen molar-refractivity contribution in [3.05, 3.63) is 35.4 Å². The predicted octanol–water partition coefficient (Wildman–Crippen LogP) is 2.30. The normalized spacial score (nSPS) is 14.1. The van der Waals surface area contributed by atoms with Crippen LogP contribution in [0.2, 0.25) is 0 Å². The van der Waals surface area contributed by atoms with Crippen molar-refractivity contribution in [2.75, 3.05) is 0 Å². The molecule has 0 aliphatic rings. The number of hydrogen-bond acceptors (Lipinski definition) is 2. The minimum absolute atomic E-state index is 0.00612. The highest BCUT2D eigenvalue weighted by atomic mass is 16.2. The molecule has 1 rings (SSSR count). The Balaban J connectivity index is 2.63. The molecule has 0 saturated carbocycles. The zero-order valence-electron chi connectivity index (χ0n) is 10.9. The van der Waals surface area contributed by atoms with E-state index in [2.05, 4.69) is 5.32 Å². The molecule has 0 bridgehead atoms. The Bertz CT molecular complexity index is 376. The van der Waals surface area contributed by atoms with Crippen molar-refractivity contribution >= 4 is 5.91 Å². The van der Waals surface area contributed by atoms with E-state index in [1.807, 2.05) is 45.0 Å². The molecule has 94 valence electrons. The van der Waals surface area contributed by atoms with Crippen LogP contribution in [-0.2, 0) is 4.79 Å². The highest BCUT2D eigenvalue weighted by molar-refractivity contribution is 5.81. The molecule has 0 fully saturated rings. The summed E-state index contributed by atoms with van der Waals surface area (Å²) < 4.78 is 0. The number of hydrogen-bond donors (Lipinski definition) is 2. The van der Waals surface area contributed by atoms with Crippen LogP contribution in [-0.4, -0.2) is 11.9 Å². The highest BCUT2D eigenvalue weighted by Crippen LogP contribution is 2.16. The lowest BCUT2D eigenvalue weighted by molar-refractivity contribution is -0.123. The molecule has 0 aliphatic carbocycles. The minimum atomic E-state index is -0.397. The monoisotopic (exact) mass is 234 g/mol. The van der Waals surface area contributed by atoms with Crippen molar-refractivity contribution in [1.82, 2.24) is 5.32 Å². The van der Waals surface area contributed by atoms with E-state index in [0.29, 0.717) is 0 Å². The second kappa shape index (κ2) is 6.40. The summed E-state index contributed by atoms with van der Waals surface area (Å²) in [6.45, 7) is 6.06. The van der Waals surface area contributed by atoms with Gasteiger partial charge in [-0.15, -0.1) is 0 Å². The molecule has 0 spiro atoms. The summed E-state index contributed by atoms with van der Waals surface area (Å²) >= 11 is 0. The lowest BCUT2D eigenvalue weighted by Crippen LogP contribution is -2.41. The number of nitrogens with one attached hydrogen (secondary N) is 1. The van der Waals surface area contributed by atoms with Crippen LogP contribution in [0.1, 0.15) is 43.9 Å². The van der Waals surface area contributed by atoms with Gasteiger partial charge in [0.25, 0.3) is 0 Å². The zero-order chi connectivity index (χ0) is 12.8. The van der Waals surface area contributed by atoms with Gasteiger partial charge in [0.15, 0.2) is 0 Å². The highest BCUT2D eigenvalue weighted by Gasteiger charge is 2.16. The van der Waals surface area contributed by atoms with E-state index in [1.54, 1.807) is 0 Å². The average Bonchev–Trinajstić information content (AvgIpc) is 2.29. The number of carbonyl (C=O) groups excluding carboxylic acids is 1. The molecular formula is C14H22N2O. The van der Waals surface area contributed by atoms with Crippen LogP contribution in [0.5, 0.6) is 0 Å². The molecule has 0 radical (unpaired) electrons. The third kappa shape index (κ3) is 3.86. The summed E-state index contributed by atoms with van der Waals surface area (Å²) in [5, 5.41) is 2.96. The van der Waals surface area contributed by atoms with Gasteiger partial charge in [0.1, 0.15) is 0 Å². The first kappa shape index (κ1) is 13.7. The van der Waals surface area contributed by atoms with Crippen molar-refractivity contribution < 1.29 is 4.79 Å². The van der Waals surface area contributed by atoms with E-state index in [-0.39, 0.29) is 11.9 Å². The number of nitrogens with two attached hydrogens (primary N) is 1. The third-order valence-electron chi connectivity index (χ3n) is 2.95. The van der Waals surface area contributed by atoms with Gasteiger partial charge in [0, 0.05) is 0 Å². The Kier molecular flexibility index (Phi) is 5.16. The maximum atomic E-state index is 11.8. The van der Waals surface area contributed by atoms with Crippen LogP contribution in [0.15, 0.2) is 24.3 Å². The smallest absolute Gasteiger partial charge is 0.237 e. The van der Waals surface area contributed by atoms with E-state index in [4.69, 9.17) is 5.73 Å². The summed E-state index contributed by atoms with van der Waals surface area (Å²) in [4.78, 5) is 11.8. The van der Waals surface area contributed by atoms with Crippen LogP contribution in [0.3, 0.4) is 0 Å². The number of benzene rings is 1. The summed E-state index contributed by atoms with van der Waals surface area (Å²) in [5.74, 6) is -0.0670. The van der Waals surface area contributed by atoms with Gasteiger partial charge in [-0.3, -0.25) is 4.79 Å². The van der Waals surface area contributed by atoms with Crippen LogP contribution in [0.25, 0.3) is 0 Å². The Morgan fingerprint density at radius 2 is 2.06 bits per heavy atom. The molecule has 0 saturated heterocycles. The van der Waals surface area contributed by atoms with Crippen LogP contribution in [0, 0.1) is 6.92 Å². The second-order valence-electron chi connectivity index (χ2n) is 4.48. The van der Waals surface area contributed by atoms with Crippen molar-refractivity contribution in [2.45, 2.75) is 45.7 Å². The number of carbonyl (C=O) groups is 1. The van der Waals surface area contributed by atoms with Crippen molar-refractivity contribution in [2.24, 2.45) is 5.73 Å². The summed E-state index contributed by atoms with van der Waals surface area (Å²) in [6, 6.07) is 7.67.